The first-order valence-corrected chi connectivity index (χ1v) is 7.20. The van der Waals surface area contributed by atoms with Crippen molar-refractivity contribution in [2.24, 2.45) is 0 Å². The first-order chi connectivity index (χ1) is 6.33. The molecule has 0 amide bonds. The van der Waals surface area contributed by atoms with Crippen LogP contribution in [0, 0.1) is 6.92 Å². The summed E-state index contributed by atoms with van der Waals surface area (Å²) in [4.78, 5) is 0. The smallest absolute Gasteiger partial charge is 0.156 e. The summed E-state index contributed by atoms with van der Waals surface area (Å²) in [5.74, 6) is 0. The van der Waals surface area contributed by atoms with Crippen LogP contribution in [0.5, 0.6) is 0 Å². The highest BCUT2D eigenvalue weighted by molar-refractivity contribution is 7.02. The van der Waals surface area contributed by atoms with Gasteiger partial charge in [0.05, 0.1) is 0 Å². The first kappa shape index (κ1) is 8.79. The van der Waals surface area contributed by atoms with E-state index in [-0.39, 0.29) is 0 Å². The minimum atomic E-state index is -0.587. The van der Waals surface area contributed by atoms with Gasteiger partial charge < -0.3 is 0 Å². The molecule has 0 nitrogen and oxygen atoms in total. The molecular formula is C11H11ClSi. The van der Waals surface area contributed by atoms with Gasteiger partial charge in [0.1, 0.15) is 0 Å². The summed E-state index contributed by atoms with van der Waals surface area (Å²) >= 11 is 6.05. The Morgan fingerprint density at radius 2 is 1.85 bits per heavy atom. The van der Waals surface area contributed by atoms with Gasteiger partial charge >= 0.3 is 0 Å². The van der Waals surface area contributed by atoms with Crippen molar-refractivity contribution in [1.82, 2.24) is 0 Å². The van der Waals surface area contributed by atoms with Crippen molar-refractivity contribution >= 4 is 35.9 Å². The molecule has 2 aromatic rings. The predicted octanol–water partition coefficient (Wildman–Crippen LogP) is 2.10. The fourth-order valence-corrected chi connectivity index (χ4v) is 3.48. The molecule has 0 atom stereocenters. The van der Waals surface area contributed by atoms with Crippen LogP contribution in [0.1, 0.15) is 5.56 Å². The topological polar surface area (TPSA) is 0 Å². The van der Waals surface area contributed by atoms with E-state index in [1.807, 2.05) is 0 Å². The second-order valence-electron chi connectivity index (χ2n) is 3.22. The van der Waals surface area contributed by atoms with Gasteiger partial charge in [-0.05, 0) is 22.9 Å². The molecule has 0 radical (unpaired) electrons. The molecule has 0 aromatic heterocycles. The van der Waals surface area contributed by atoms with Gasteiger partial charge in [-0.25, -0.2) is 0 Å². The molecule has 0 aliphatic rings. The molecule has 0 heterocycles. The lowest BCUT2D eigenvalue weighted by Gasteiger charge is -2.06. The van der Waals surface area contributed by atoms with Gasteiger partial charge in [0.25, 0.3) is 0 Å². The minimum absolute atomic E-state index is 0.587. The van der Waals surface area contributed by atoms with Crippen molar-refractivity contribution < 1.29 is 0 Å². The predicted molar refractivity (Wildman–Crippen MR) is 62.7 cm³/mol. The largest absolute Gasteiger partial charge is 0.170 e. The van der Waals surface area contributed by atoms with Crippen molar-refractivity contribution in [3.63, 3.8) is 0 Å². The molecule has 0 aliphatic carbocycles. The summed E-state index contributed by atoms with van der Waals surface area (Å²) in [6.07, 6.45) is 0. The van der Waals surface area contributed by atoms with Crippen LogP contribution in [0.3, 0.4) is 0 Å². The molecule has 2 aromatic carbocycles. The molecule has 0 spiro atoms. The third kappa shape index (κ3) is 1.50. The Labute approximate surface area is 85.1 Å². The molecule has 0 N–H and O–H groups in total. The van der Waals surface area contributed by atoms with Gasteiger partial charge in [-0.2, -0.15) is 11.1 Å². The Morgan fingerprint density at radius 1 is 1.08 bits per heavy atom. The Kier molecular flexibility index (Phi) is 2.38. The molecule has 66 valence electrons. The number of aryl methyl sites for hydroxylation is 1. The van der Waals surface area contributed by atoms with Crippen molar-refractivity contribution in [2.45, 2.75) is 6.92 Å². The molecule has 2 rings (SSSR count). The van der Waals surface area contributed by atoms with Crippen LogP contribution >= 0.6 is 11.1 Å². The molecule has 13 heavy (non-hydrogen) atoms. The Hall–Kier alpha value is -0.793. The molecule has 0 unspecified atom stereocenters. The standard InChI is InChI=1S/C11H11ClSi/c1-8-6-7-9-4-2-3-5-10(9)11(8)13-12/h2-7H,13H2,1H3. The Balaban J connectivity index is 2.84. The SMILES string of the molecule is Cc1ccc2ccccc2c1[SiH2]Cl. The number of halogens is 1. The minimum Gasteiger partial charge on any atom is -0.170 e. The van der Waals surface area contributed by atoms with E-state index in [0.29, 0.717) is 0 Å². The molecule has 0 fully saturated rings. The summed E-state index contributed by atoms with van der Waals surface area (Å²) in [7, 11) is -0.587. The normalized spacial score (nSPS) is 11.5. The lowest BCUT2D eigenvalue weighted by atomic mass is 10.1. The van der Waals surface area contributed by atoms with Crippen LogP contribution < -0.4 is 5.19 Å². The van der Waals surface area contributed by atoms with Crippen molar-refractivity contribution in [3.05, 3.63) is 42.0 Å². The van der Waals surface area contributed by atoms with Crippen LogP contribution in [0.2, 0.25) is 0 Å². The number of hydrogen-bond acceptors (Lipinski definition) is 0. The van der Waals surface area contributed by atoms with Gasteiger partial charge in [0.15, 0.2) is 8.83 Å². The van der Waals surface area contributed by atoms with E-state index in [9.17, 15) is 0 Å². The highest BCUT2D eigenvalue weighted by Gasteiger charge is 2.02. The van der Waals surface area contributed by atoms with Crippen molar-refractivity contribution in [3.8, 4) is 0 Å². The van der Waals surface area contributed by atoms with E-state index in [2.05, 4.69) is 43.3 Å². The third-order valence-electron chi connectivity index (χ3n) is 2.41. The highest BCUT2D eigenvalue weighted by Crippen LogP contribution is 2.13. The number of hydrogen-bond donors (Lipinski definition) is 0. The monoisotopic (exact) mass is 206 g/mol. The van der Waals surface area contributed by atoms with Crippen LogP contribution in [-0.2, 0) is 0 Å². The maximum atomic E-state index is 6.05. The Bertz CT molecular complexity index is 437. The summed E-state index contributed by atoms with van der Waals surface area (Å²) < 4.78 is 0. The van der Waals surface area contributed by atoms with Crippen molar-refractivity contribution in [2.75, 3.05) is 0 Å². The zero-order valence-electron chi connectivity index (χ0n) is 7.55. The maximum Gasteiger partial charge on any atom is 0.156 e. The second kappa shape index (κ2) is 3.52. The van der Waals surface area contributed by atoms with Gasteiger partial charge in [0, 0.05) is 0 Å². The zero-order valence-corrected chi connectivity index (χ0v) is 9.72. The lowest BCUT2D eigenvalue weighted by molar-refractivity contribution is 1.54. The summed E-state index contributed by atoms with van der Waals surface area (Å²) in [5.41, 5.74) is 1.33. The van der Waals surface area contributed by atoms with Crippen LogP contribution in [0.25, 0.3) is 10.8 Å². The summed E-state index contributed by atoms with van der Waals surface area (Å²) in [5, 5.41) is 4.03. The second-order valence-corrected chi connectivity index (χ2v) is 4.99. The molecular weight excluding hydrogens is 196 g/mol. The fourth-order valence-electron chi connectivity index (χ4n) is 1.62. The highest BCUT2D eigenvalue weighted by atomic mass is 35.6. The van der Waals surface area contributed by atoms with E-state index in [1.165, 1.54) is 21.5 Å². The molecule has 0 aliphatic heterocycles. The average molecular weight is 207 g/mol. The first-order valence-electron chi connectivity index (χ1n) is 4.36. The Morgan fingerprint density at radius 3 is 2.62 bits per heavy atom. The number of fused-ring (bicyclic) bond motifs is 1. The van der Waals surface area contributed by atoms with Crippen LogP contribution in [-0.4, -0.2) is 8.83 Å². The van der Waals surface area contributed by atoms with Gasteiger partial charge in [-0.15, -0.1) is 0 Å². The third-order valence-corrected chi connectivity index (χ3v) is 4.42. The van der Waals surface area contributed by atoms with E-state index < -0.39 is 8.83 Å². The molecule has 2 heteroatoms. The van der Waals surface area contributed by atoms with E-state index in [1.54, 1.807) is 0 Å². The fraction of sp³-hybridized carbons (Fsp3) is 0.0909. The molecule has 0 saturated heterocycles. The summed E-state index contributed by atoms with van der Waals surface area (Å²) in [6.45, 7) is 2.14. The van der Waals surface area contributed by atoms with Crippen LogP contribution in [0.4, 0.5) is 0 Å². The van der Waals surface area contributed by atoms with E-state index >= 15 is 0 Å². The molecule has 0 saturated carbocycles. The quantitative estimate of drug-likeness (QED) is 0.495. The van der Waals surface area contributed by atoms with Crippen molar-refractivity contribution in [1.29, 1.82) is 0 Å². The lowest BCUT2D eigenvalue weighted by Crippen LogP contribution is -2.13. The number of rotatable bonds is 1. The van der Waals surface area contributed by atoms with E-state index in [0.717, 1.165) is 0 Å². The average Bonchev–Trinajstić information content (AvgIpc) is 2.18. The van der Waals surface area contributed by atoms with Gasteiger partial charge in [-0.3, -0.25) is 0 Å². The van der Waals surface area contributed by atoms with E-state index in [4.69, 9.17) is 11.1 Å². The number of benzene rings is 2. The zero-order chi connectivity index (χ0) is 9.26. The van der Waals surface area contributed by atoms with Crippen LogP contribution in [0.15, 0.2) is 36.4 Å². The molecule has 0 bridgehead atoms. The summed E-state index contributed by atoms with van der Waals surface area (Å²) in [6, 6.07) is 12.8. The maximum absolute atomic E-state index is 6.05. The van der Waals surface area contributed by atoms with Gasteiger partial charge in [0.2, 0.25) is 0 Å². The van der Waals surface area contributed by atoms with Gasteiger partial charge in [-0.1, -0.05) is 42.0 Å².